The zero-order chi connectivity index (χ0) is 11.3. The first-order valence-electron chi connectivity index (χ1n) is 4.87. The number of hydrogen-bond donors (Lipinski definition) is 1. The Labute approximate surface area is 93.7 Å². The van der Waals surface area contributed by atoms with E-state index >= 15 is 0 Å². The predicted octanol–water partition coefficient (Wildman–Crippen LogP) is 1.95. The van der Waals surface area contributed by atoms with E-state index in [4.69, 9.17) is 0 Å². The highest BCUT2D eigenvalue weighted by Gasteiger charge is 2.29. The van der Waals surface area contributed by atoms with Crippen molar-refractivity contribution in [3.05, 3.63) is 36.4 Å². The second-order valence-electron chi connectivity index (χ2n) is 3.79. The molecule has 2 aromatic carbocycles. The fourth-order valence-electron chi connectivity index (χ4n) is 1.91. The van der Waals surface area contributed by atoms with Gasteiger partial charge in [-0.25, -0.2) is 0 Å². The van der Waals surface area contributed by atoms with Crippen molar-refractivity contribution in [1.29, 1.82) is 0 Å². The van der Waals surface area contributed by atoms with Gasteiger partial charge in [0.1, 0.15) is 0 Å². The van der Waals surface area contributed by atoms with Gasteiger partial charge in [-0.05, 0) is 22.9 Å². The van der Waals surface area contributed by atoms with Crippen molar-refractivity contribution in [2.45, 2.75) is 0 Å². The van der Waals surface area contributed by atoms with Crippen LogP contribution in [-0.4, -0.2) is 15.5 Å². The standard InChI is InChI=1S/C11H10N2O2S/c1-13-11-7-9-5-3-2-4-8(9)6-10(11)12-16(13,14)15/h2-7,12H,1H3. The third-order valence-corrected chi connectivity index (χ3v) is 4.20. The minimum atomic E-state index is -3.38. The largest absolute Gasteiger partial charge is 0.323 e. The molecule has 0 amide bonds. The Morgan fingerprint density at radius 1 is 1.12 bits per heavy atom. The maximum Gasteiger partial charge on any atom is 0.323 e. The summed E-state index contributed by atoms with van der Waals surface area (Å²) in [5.74, 6) is 0. The first kappa shape index (κ1) is 9.47. The highest BCUT2D eigenvalue weighted by atomic mass is 32.2. The Morgan fingerprint density at radius 2 is 1.75 bits per heavy atom. The van der Waals surface area contributed by atoms with Crippen molar-refractivity contribution in [1.82, 2.24) is 0 Å². The smallest absolute Gasteiger partial charge is 0.264 e. The molecule has 0 unspecified atom stereocenters. The molecule has 0 aliphatic carbocycles. The van der Waals surface area contributed by atoms with Gasteiger partial charge in [-0.3, -0.25) is 9.03 Å². The molecule has 0 spiro atoms. The Morgan fingerprint density at radius 3 is 2.44 bits per heavy atom. The van der Waals surface area contributed by atoms with Gasteiger partial charge in [-0.15, -0.1) is 0 Å². The van der Waals surface area contributed by atoms with Gasteiger partial charge < -0.3 is 0 Å². The van der Waals surface area contributed by atoms with Gasteiger partial charge in [0, 0.05) is 7.05 Å². The number of anilines is 2. The van der Waals surface area contributed by atoms with E-state index < -0.39 is 10.2 Å². The number of nitrogens with one attached hydrogen (secondary N) is 1. The SMILES string of the molecule is CN1c2cc3ccccc3cc2NS1(=O)=O. The topological polar surface area (TPSA) is 49.4 Å². The van der Waals surface area contributed by atoms with Crippen LogP contribution in [0.4, 0.5) is 11.4 Å². The van der Waals surface area contributed by atoms with Gasteiger partial charge in [0.25, 0.3) is 0 Å². The van der Waals surface area contributed by atoms with Crippen LogP contribution < -0.4 is 9.03 Å². The Bertz CT molecular complexity index is 679. The highest BCUT2D eigenvalue weighted by molar-refractivity contribution is 7.94. The highest BCUT2D eigenvalue weighted by Crippen LogP contribution is 2.37. The summed E-state index contributed by atoms with van der Waals surface area (Å²) < 4.78 is 27.0. The first-order valence-corrected chi connectivity index (χ1v) is 6.31. The van der Waals surface area contributed by atoms with E-state index in [1.54, 1.807) is 7.05 Å². The maximum absolute atomic E-state index is 11.6. The van der Waals surface area contributed by atoms with E-state index in [9.17, 15) is 8.42 Å². The lowest BCUT2D eigenvalue weighted by Gasteiger charge is -2.09. The Balaban J connectivity index is 2.34. The van der Waals surface area contributed by atoms with Crippen molar-refractivity contribution in [2.24, 2.45) is 0 Å². The molecule has 2 aromatic rings. The van der Waals surface area contributed by atoms with Crippen LogP contribution in [0.5, 0.6) is 0 Å². The number of nitrogens with zero attached hydrogens (tertiary/aromatic N) is 1. The van der Waals surface area contributed by atoms with Crippen LogP contribution in [0.2, 0.25) is 0 Å². The predicted molar refractivity (Wildman–Crippen MR) is 64.9 cm³/mol. The van der Waals surface area contributed by atoms with Gasteiger partial charge in [-0.2, -0.15) is 8.42 Å². The average Bonchev–Trinajstić information content (AvgIpc) is 2.47. The molecule has 82 valence electrons. The minimum Gasteiger partial charge on any atom is -0.264 e. The van der Waals surface area contributed by atoms with Crippen LogP contribution >= 0.6 is 0 Å². The molecule has 0 saturated heterocycles. The van der Waals surface area contributed by atoms with Crippen LogP contribution in [0.1, 0.15) is 0 Å². The summed E-state index contributed by atoms with van der Waals surface area (Å²) in [5.41, 5.74) is 1.33. The van der Waals surface area contributed by atoms with E-state index in [2.05, 4.69) is 4.72 Å². The fraction of sp³-hybridized carbons (Fsp3) is 0.0909. The lowest BCUT2D eigenvalue weighted by atomic mass is 10.1. The summed E-state index contributed by atoms with van der Waals surface area (Å²) >= 11 is 0. The van der Waals surface area contributed by atoms with E-state index in [-0.39, 0.29) is 0 Å². The fourth-order valence-corrected chi connectivity index (χ4v) is 2.90. The summed E-state index contributed by atoms with van der Waals surface area (Å²) in [6, 6.07) is 11.5. The van der Waals surface area contributed by atoms with Crippen LogP contribution in [0.3, 0.4) is 0 Å². The van der Waals surface area contributed by atoms with E-state index in [0.717, 1.165) is 10.8 Å². The summed E-state index contributed by atoms with van der Waals surface area (Å²) in [7, 11) is -1.83. The number of hydrogen-bond acceptors (Lipinski definition) is 2. The lowest BCUT2D eigenvalue weighted by molar-refractivity contribution is 0.601. The quantitative estimate of drug-likeness (QED) is 0.757. The second-order valence-corrected chi connectivity index (χ2v) is 5.49. The molecular weight excluding hydrogens is 224 g/mol. The van der Waals surface area contributed by atoms with E-state index in [1.807, 2.05) is 36.4 Å². The molecule has 4 nitrogen and oxygen atoms in total. The Kier molecular flexibility index (Phi) is 1.71. The van der Waals surface area contributed by atoms with E-state index in [1.165, 1.54) is 4.31 Å². The summed E-state index contributed by atoms with van der Waals surface area (Å²) in [6.45, 7) is 0. The molecule has 1 heterocycles. The second kappa shape index (κ2) is 2.89. The molecule has 0 saturated carbocycles. The molecule has 0 fully saturated rings. The zero-order valence-electron chi connectivity index (χ0n) is 8.64. The van der Waals surface area contributed by atoms with Crippen LogP contribution in [-0.2, 0) is 10.2 Å². The van der Waals surface area contributed by atoms with Crippen LogP contribution in [0, 0.1) is 0 Å². The van der Waals surface area contributed by atoms with Gasteiger partial charge >= 0.3 is 10.2 Å². The third kappa shape index (κ3) is 1.18. The van der Waals surface area contributed by atoms with E-state index in [0.29, 0.717) is 11.4 Å². The molecule has 1 aliphatic rings. The van der Waals surface area contributed by atoms with Crippen molar-refractivity contribution >= 4 is 32.4 Å². The summed E-state index contributed by atoms with van der Waals surface area (Å²) in [5, 5.41) is 2.06. The van der Waals surface area contributed by atoms with Crippen molar-refractivity contribution in [3.8, 4) is 0 Å². The van der Waals surface area contributed by atoms with Gasteiger partial charge in [0.15, 0.2) is 0 Å². The van der Waals surface area contributed by atoms with Crippen molar-refractivity contribution in [2.75, 3.05) is 16.1 Å². The number of rotatable bonds is 0. The molecule has 0 atom stereocenters. The molecule has 1 aliphatic heterocycles. The molecular formula is C11H10N2O2S. The van der Waals surface area contributed by atoms with Gasteiger partial charge in [0.05, 0.1) is 11.4 Å². The third-order valence-electron chi connectivity index (χ3n) is 2.80. The molecule has 0 radical (unpaired) electrons. The summed E-state index contributed by atoms with van der Waals surface area (Å²) in [6.07, 6.45) is 0. The lowest BCUT2D eigenvalue weighted by Crippen LogP contribution is -2.25. The first-order chi connectivity index (χ1) is 7.58. The average molecular weight is 234 g/mol. The monoisotopic (exact) mass is 234 g/mol. The minimum absolute atomic E-state index is 0.640. The number of benzene rings is 2. The van der Waals surface area contributed by atoms with Crippen LogP contribution in [0.25, 0.3) is 10.8 Å². The van der Waals surface area contributed by atoms with Crippen molar-refractivity contribution < 1.29 is 8.42 Å². The summed E-state index contributed by atoms with van der Waals surface area (Å²) in [4.78, 5) is 0. The molecule has 0 bridgehead atoms. The van der Waals surface area contributed by atoms with Gasteiger partial charge in [0.2, 0.25) is 0 Å². The van der Waals surface area contributed by atoms with Crippen molar-refractivity contribution in [3.63, 3.8) is 0 Å². The Hall–Kier alpha value is -1.75. The maximum atomic E-state index is 11.6. The number of fused-ring (bicyclic) bond motifs is 2. The molecule has 5 heteroatoms. The van der Waals surface area contributed by atoms with Gasteiger partial charge in [-0.1, -0.05) is 24.3 Å². The van der Waals surface area contributed by atoms with Crippen LogP contribution in [0.15, 0.2) is 36.4 Å². The zero-order valence-corrected chi connectivity index (χ0v) is 9.45. The molecule has 0 aromatic heterocycles. The molecule has 16 heavy (non-hydrogen) atoms. The molecule has 3 rings (SSSR count). The normalized spacial score (nSPS) is 17.2. The molecule has 1 N–H and O–H groups in total.